The molecule has 0 unspecified atom stereocenters. The summed E-state index contributed by atoms with van der Waals surface area (Å²) in [7, 11) is -6.21. The first-order valence-corrected chi connectivity index (χ1v) is 10.3. The van der Waals surface area contributed by atoms with Gasteiger partial charge in [0.25, 0.3) is 10.2 Å². The molecule has 0 aliphatic heterocycles. The number of nitrogens with one attached hydrogen (secondary N) is 2. The lowest BCUT2D eigenvalue weighted by molar-refractivity contribution is 0.202. The van der Waals surface area contributed by atoms with Crippen LogP contribution >= 0.6 is 0 Å². The second-order valence-electron chi connectivity index (χ2n) is 5.07. The number of nitrogens with two attached hydrogens (primary N) is 1. The zero-order valence-electron chi connectivity index (χ0n) is 13.5. The van der Waals surface area contributed by atoms with Crippen molar-refractivity contribution >= 4 is 43.0 Å². The number of sulfonamides is 1. The van der Waals surface area contributed by atoms with E-state index in [2.05, 4.69) is 9.44 Å². The highest BCUT2D eigenvalue weighted by molar-refractivity contribution is 7.92. The molecule has 0 fully saturated rings. The van der Waals surface area contributed by atoms with Gasteiger partial charge in [0.2, 0.25) is 10.0 Å². The van der Waals surface area contributed by atoms with Crippen molar-refractivity contribution in [2.75, 3.05) is 27.9 Å². The quantitative estimate of drug-likeness (QED) is 0.616. The lowest BCUT2D eigenvalue weighted by Gasteiger charge is -2.25. The van der Waals surface area contributed by atoms with E-state index in [1.807, 2.05) is 6.07 Å². The highest BCUT2D eigenvalue weighted by atomic mass is 32.2. The van der Waals surface area contributed by atoms with Crippen molar-refractivity contribution in [1.29, 1.82) is 0 Å². The summed E-state index contributed by atoms with van der Waals surface area (Å²) in [6, 6.07) is 13.2. The molecule has 9 nitrogen and oxygen atoms in total. The summed E-state index contributed by atoms with van der Waals surface area (Å²) < 4.78 is 50.1. The summed E-state index contributed by atoms with van der Waals surface area (Å²) in [5, 5.41) is 6.43. The number of hydrogen-bond acceptors (Lipinski definition) is 6. The number of hydrogen-bond donors (Lipinski definition) is 3. The third-order valence-corrected chi connectivity index (χ3v) is 4.06. The van der Waals surface area contributed by atoms with E-state index in [0.717, 1.165) is 6.26 Å². The van der Waals surface area contributed by atoms with Crippen molar-refractivity contribution in [1.82, 2.24) is 0 Å². The Bertz CT molecular complexity index is 946. The molecule has 2 rings (SSSR count). The van der Waals surface area contributed by atoms with E-state index >= 15 is 0 Å². The fourth-order valence-electron chi connectivity index (χ4n) is 2.13. The average Bonchev–Trinajstić information content (AvgIpc) is 2.48. The van der Waals surface area contributed by atoms with Gasteiger partial charge in [0.05, 0.1) is 36.1 Å². The van der Waals surface area contributed by atoms with E-state index in [-0.39, 0.29) is 11.4 Å². The monoisotopic (exact) mass is 386 g/mol. The number of para-hydroxylation sites is 1. The topological polar surface area (TPSA) is 131 Å². The molecule has 0 heterocycles. The highest BCUT2D eigenvalue weighted by Crippen LogP contribution is 2.34. The van der Waals surface area contributed by atoms with E-state index in [1.165, 1.54) is 30.4 Å². The molecule has 0 aliphatic rings. The first-order chi connectivity index (χ1) is 11.6. The molecular weight excluding hydrogens is 368 g/mol. The van der Waals surface area contributed by atoms with Crippen LogP contribution in [0.15, 0.2) is 48.5 Å². The van der Waals surface area contributed by atoms with Gasteiger partial charge in [-0.15, -0.1) is 0 Å². The van der Waals surface area contributed by atoms with Gasteiger partial charge in [-0.25, -0.2) is 18.6 Å². The molecule has 11 heteroatoms. The Morgan fingerprint density at radius 3 is 2.16 bits per heavy atom. The van der Waals surface area contributed by atoms with Crippen molar-refractivity contribution in [3.8, 4) is 0 Å². The summed E-state index contributed by atoms with van der Waals surface area (Å²) in [6.45, 7) is 0. The van der Waals surface area contributed by atoms with E-state index in [9.17, 15) is 16.8 Å². The Hall–Kier alpha value is -2.34. The minimum Gasteiger partial charge on any atom is -0.284 e. The fraction of sp³-hybridized carbons (Fsp3) is 0.143. The number of nitrogens with zero attached hydrogens (tertiary/aromatic N) is 1. The number of rotatable bonds is 7. The smallest absolute Gasteiger partial charge is 0.284 e. The number of anilines is 4. The van der Waals surface area contributed by atoms with Crippen LogP contribution < -0.4 is 19.6 Å². The summed E-state index contributed by atoms with van der Waals surface area (Å²) in [4.78, 5) is 5.34. The predicted molar refractivity (Wildman–Crippen MR) is 97.2 cm³/mol. The van der Waals surface area contributed by atoms with Crippen molar-refractivity contribution < 1.29 is 21.7 Å². The molecule has 0 amide bonds. The molecule has 0 spiro atoms. The van der Waals surface area contributed by atoms with Crippen LogP contribution in [0.1, 0.15) is 0 Å². The van der Waals surface area contributed by atoms with Crippen LogP contribution in [0.5, 0.6) is 0 Å². The molecule has 25 heavy (non-hydrogen) atoms. The zero-order valence-corrected chi connectivity index (χ0v) is 15.1. The van der Waals surface area contributed by atoms with Gasteiger partial charge in [-0.05, 0) is 30.3 Å². The SMILES string of the molecule is CON(c1ccccc1)c1ccc(NS(C)(=O)=O)cc1NS(N)(=O)=O. The normalized spacial score (nSPS) is 11.8. The molecular formula is C14H18N4O5S2. The standard InChI is InChI=1S/C14H18N4O5S2/c1-23-18(12-6-4-3-5-7-12)14-9-8-11(16-24(2,19)20)10-13(14)17-25(15,21)22/h3-10,16-17H,1-2H3,(H2,15,21,22). The third-order valence-electron chi connectivity index (χ3n) is 2.94. The Morgan fingerprint density at radius 1 is 1.00 bits per heavy atom. The summed E-state index contributed by atoms with van der Waals surface area (Å²) in [6.07, 6.45) is 0.985. The first kappa shape index (κ1) is 19.0. The Labute approximate surface area is 146 Å². The second kappa shape index (κ2) is 7.27. The van der Waals surface area contributed by atoms with Crippen molar-refractivity contribution in [3.05, 3.63) is 48.5 Å². The van der Waals surface area contributed by atoms with Gasteiger partial charge in [0, 0.05) is 0 Å². The van der Waals surface area contributed by atoms with Gasteiger partial charge >= 0.3 is 0 Å². The molecule has 0 aliphatic carbocycles. The summed E-state index contributed by atoms with van der Waals surface area (Å²) in [5.41, 5.74) is 1.16. The Morgan fingerprint density at radius 2 is 1.64 bits per heavy atom. The molecule has 0 aromatic heterocycles. The molecule has 0 saturated carbocycles. The van der Waals surface area contributed by atoms with Gasteiger partial charge in [0.15, 0.2) is 0 Å². The van der Waals surface area contributed by atoms with Gasteiger partial charge in [-0.3, -0.25) is 14.3 Å². The van der Waals surface area contributed by atoms with E-state index in [1.54, 1.807) is 24.3 Å². The molecule has 0 radical (unpaired) electrons. The lowest BCUT2D eigenvalue weighted by Crippen LogP contribution is -2.24. The molecule has 0 saturated heterocycles. The minimum atomic E-state index is -4.09. The fourth-order valence-corrected chi connectivity index (χ4v) is 3.16. The van der Waals surface area contributed by atoms with Crippen LogP contribution in [0.2, 0.25) is 0 Å². The van der Waals surface area contributed by atoms with Crippen molar-refractivity contribution in [2.45, 2.75) is 0 Å². The van der Waals surface area contributed by atoms with E-state index in [4.69, 9.17) is 9.98 Å². The minimum absolute atomic E-state index is 0.0434. The van der Waals surface area contributed by atoms with Crippen LogP contribution in [0.4, 0.5) is 22.7 Å². The lowest BCUT2D eigenvalue weighted by atomic mass is 10.2. The summed E-state index contributed by atoms with van der Waals surface area (Å²) in [5.74, 6) is 0. The van der Waals surface area contributed by atoms with Gasteiger partial charge < -0.3 is 0 Å². The van der Waals surface area contributed by atoms with Gasteiger partial charge in [-0.2, -0.15) is 8.42 Å². The van der Waals surface area contributed by atoms with E-state index in [0.29, 0.717) is 11.4 Å². The summed E-state index contributed by atoms with van der Waals surface area (Å²) >= 11 is 0. The second-order valence-corrected chi connectivity index (χ2v) is 8.11. The molecule has 0 bridgehead atoms. The largest absolute Gasteiger partial charge is 0.296 e. The van der Waals surface area contributed by atoms with Crippen LogP contribution in [-0.4, -0.2) is 30.2 Å². The van der Waals surface area contributed by atoms with Crippen molar-refractivity contribution in [3.63, 3.8) is 0 Å². The van der Waals surface area contributed by atoms with Crippen molar-refractivity contribution in [2.24, 2.45) is 5.14 Å². The van der Waals surface area contributed by atoms with Crippen LogP contribution in [0.3, 0.4) is 0 Å². The molecule has 0 atom stereocenters. The van der Waals surface area contributed by atoms with Gasteiger partial charge in [-0.1, -0.05) is 18.2 Å². The molecule has 2 aromatic carbocycles. The first-order valence-electron chi connectivity index (χ1n) is 6.91. The van der Waals surface area contributed by atoms with Crippen LogP contribution in [-0.2, 0) is 25.1 Å². The maximum Gasteiger partial charge on any atom is 0.296 e. The van der Waals surface area contributed by atoms with E-state index < -0.39 is 20.2 Å². The predicted octanol–water partition coefficient (Wildman–Crippen LogP) is 1.37. The van der Waals surface area contributed by atoms with Crippen LogP contribution in [0, 0.1) is 0 Å². The molecule has 136 valence electrons. The van der Waals surface area contributed by atoms with Crippen LogP contribution in [0.25, 0.3) is 0 Å². The maximum atomic E-state index is 11.5. The molecule has 2 aromatic rings. The van der Waals surface area contributed by atoms with Gasteiger partial charge in [0.1, 0.15) is 0 Å². The Kier molecular flexibility index (Phi) is 5.52. The average molecular weight is 386 g/mol. The number of benzene rings is 2. The zero-order chi connectivity index (χ0) is 18.7. The third kappa shape index (κ3) is 5.60. The Balaban J connectivity index is 2.55. The highest BCUT2D eigenvalue weighted by Gasteiger charge is 2.17. The molecule has 4 N–H and O–H groups in total. The maximum absolute atomic E-state index is 11.5.